The maximum Gasteiger partial charge on any atom is 0.133 e. The van der Waals surface area contributed by atoms with E-state index in [-0.39, 0.29) is 0 Å². The topological polar surface area (TPSA) is 29.3 Å². The van der Waals surface area contributed by atoms with Crippen molar-refractivity contribution < 1.29 is 0 Å². The van der Waals surface area contributed by atoms with Gasteiger partial charge in [0.25, 0.3) is 0 Å². The second kappa shape index (κ2) is 5.89. The molecule has 3 rings (SSSR count). The number of hydrogen-bond acceptors (Lipinski definition) is 2. The van der Waals surface area contributed by atoms with Crippen molar-refractivity contribution in [1.82, 2.24) is 4.48 Å². The zero-order chi connectivity index (χ0) is 16.6. The summed E-state index contributed by atoms with van der Waals surface area (Å²) < 4.78 is 1.01. The van der Waals surface area contributed by atoms with Crippen molar-refractivity contribution in [2.45, 2.75) is 26.8 Å². The van der Waals surface area contributed by atoms with Gasteiger partial charge in [0.1, 0.15) is 18.3 Å². The molecule has 1 aliphatic rings. The molecule has 1 heterocycles. The lowest BCUT2D eigenvalue weighted by atomic mass is 10.1. The maximum atomic E-state index is 5.96. The Morgan fingerprint density at radius 3 is 2.57 bits per heavy atom. The first-order valence-electron chi connectivity index (χ1n) is 8.43. The minimum Gasteiger partial charge on any atom is -0.399 e. The molecule has 2 aromatic carbocycles. The van der Waals surface area contributed by atoms with Gasteiger partial charge in [0.15, 0.2) is 0 Å². The van der Waals surface area contributed by atoms with E-state index in [2.05, 4.69) is 69.1 Å². The van der Waals surface area contributed by atoms with E-state index in [4.69, 9.17) is 5.73 Å². The first-order valence-corrected chi connectivity index (χ1v) is 8.43. The molecule has 23 heavy (non-hydrogen) atoms. The van der Waals surface area contributed by atoms with Crippen molar-refractivity contribution in [3.8, 4) is 0 Å². The number of nitrogens with zero attached hydrogens (tertiary/aromatic N) is 2. The van der Waals surface area contributed by atoms with Gasteiger partial charge in [0.2, 0.25) is 0 Å². The highest BCUT2D eigenvalue weighted by Crippen LogP contribution is 2.31. The van der Waals surface area contributed by atoms with Gasteiger partial charge in [-0.25, -0.2) is 0 Å². The van der Waals surface area contributed by atoms with Gasteiger partial charge >= 0.3 is 0 Å². The lowest BCUT2D eigenvalue weighted by Crippen LogP contribution is -2.63. The monoisotopic (exact) mass is 310 g/mol. The van der Waals surface area contributed by atoms with Crippen LogP contribution < -0.4 is 15.1 Å². The number of rotatable bonds is 2. The summed E-state index contributed by atoms with van der Waals surface area (Å²) in [6.07, 6.45) is 0. The number of nitrogens with two attached hydrogens (primary N) is 1. The number of likely N-dealkylation sites (N-methyl/N-ethyl adjacent to an activating group) is 1. The molecule has 0 aliphatic carbocycles. The molecule has 2 N–H and O–H groups in total. The molecule has 1 fully saturated rings. The Morgan fingerprint density at radius 2 is 1.91 bits per heavy atom. The minimum absolute atomic E-state index is 0.545. The van der Waals surface area contributed by atoms with Gasteiger partial charge in [-0.3, -0.25) is 4.48 Å². The first kappa shape index (κ1) is 15.9. The standard InChI is InChI=1S/C20H28N3/c1-15-6-5-7-19(12-15)23(4)11-10-22(14-17(23)3)18-8-9-20(21)16(2)13-18/h5-9,12-13,17H,10-11,14,21H2,1-4H3/q+1. The lowest BCUT2D eigenvalue weighted by Gasteiger charge is -2.47. The van der Waals surface area contributed by atoms with Crippen LogP contribution in [0.5, 0.6) is 0 Å². The summed E-state index contributed by atoms with van der Waals surface area (Å²) in [7, 11) is 2.37. The van der Waals surface area contributed by atoms with Crippen molar-refractivity contribution in [2.24, 2.45) is 0 Å². The highest BCUT2D eigenvalue weighted by atomic mass is 15.4. The molecule has 2 aromatic rings. The van der Waals surface area contributed by atoms with Crippen LogP contribution in [0.15, 0.2) is 42.5 Å². The van der Waals surface area contributed by atoms with E-state index in [1.807, 2.05) is 6.07 Å². The SMILES string of the molecule is Cc1cccc([N+]2(C)CCN(c3ccc(N)c(C)c3)CC2C)c1. The van der Waals surface area contributed by atoms with Crippen molar-refractivity contribution in [3.05, 3.63) is 53.6 Å². The van der Waals surface area contributed by atoms with Crippen molar-refractivity contribution >= 4 is 17.1 Å². The average Bonchev–Trinajstić information content (AvgIpc) is 2.53. The Labute approximate surface area is 139 Å². The molecular formula is C20H28N3+. The third kappa shape index (κ3) is 2.93. The molecule has 1 saturated heterocycles. The maximum absolute atomic E-state index is 5.96. The van der Waals surface area contributed by atoms with E-state index in [9.17, 15) is 0 Å². The summed E-state index contributed by atoms with van der Waals surface area (Å²) in [5.41, 5.74) is 12.0. The Balaban J connectivity index is 1.83. The molecule has 2 atom stereocenters. The second-order valence-corrected chi connectivity index (χ2v) is 7.17. The summed E-state index contributed by atoms with van der Waals surface area (Å²) in [6.45, 7) is 9.87. The van der Waals surface area contributed by atoms with Crippen LogP contribution in [0.25, 0.3) is 0 Å². The molecular weight excluding hydrogens is 282 g/mol. The first-order chi connectivity index (χ1) is 10.9. The largest absolute Gasteiger partial charge is 0.399 e. The number of aryl methyl sites for hydroxylation is 2. The number of anilines is 2. The van der Waals surface area contributed by atoms with Crippen LogP contribution >= 0.6 is 0 Å². The molecule has 2 unspecified atom stereocenters. The van der Waals surface area contributed by atoms with E-state index >= 15 is 0 Å². The van der Waals surface area contributed by atoms with Crippen LogP contribution in [0, 0.1) is 13.8 Å². The third-order valence-electron chi connectivity index (χ3n) is 5.50. The van der Waals surface area contributed by atoms with Gasteiger partial charge in [0.05, 0.1) is 20.1 Å². The average molecular weight is 310 g/mol. The molecule has 3 heteroatoms. The van der Waals surface area contributed by atoms with Crippen LogP contribution in [0.3, 0.4) is 0 Å². The molecule has 3 nitrogen and oxygen atoms in total. The fraction of sp³-hybridized carbons (Fsp3) is 0.400. The summed E-state index contributed by atoms with van der Waals surface area (Å²) in [5.74, 6) is 0. The smallest absolute Gasteiger partial charge is 0.133 e. The number of piperazine rings is 1. The summed E-state index contributed by atoms with van der Waals surface area (Å²) in [4.78, 5) is 2.49. The number of quaternary nitrogens is 1. The van der Waals surface area contributed by atoms with Crippen LogP contribution in [0.2, 0.25) is 0 Å². The van der Waals surface area contributed by atoms with Crippen molar-refractivity contribution in [1.29, 1.82) is 0 Å². The van der Waals surface area contributed by atoms with E-state index in [1.54, 1.807) is 0 Å². The van der Waals surface area contributed by atoms with Crippen molar-refractivity contribution in [2.75, 3.05) is 37.3 Å². The van der Waals surface area contributed by atoms with Crippen LogP contribution in [-0.4, -0.2) is 32.7 Å². The fourth-order valence-electron chi connectivity index (χ4n) is 3.56. The van der Waals surface area contributed by atoms with Crippen LogP contribution in [-0.2, 0) is 0 Å². The van der Waals surface area contributed by atoms with Gasteiger partial charge in [-0.1, -0.05) is 12.1 Å². The number of nitrogen functional groups attached to an aromatic ring is 1. The van der Waals surface area contributed by atoms with Gasteiger partial charge in [-0.2, -0.15) is 0 Å². The predicted molar refractivity (Wildman–Crippen MR) is 101 cm³/mol. The number of hydrogen-bond donors (Lipinski definition) is 1. The molecule has 0 saturated carbocycles. The molecule has 0 bridgehead atoms. The molecule has 0 amide bonds. The molecule has 0 spiro atoms. The molecule has 1 aliphatic heterocycles. The normalized spacial score (nSPS) is 24.7. The quantitative estimate of drug-likeness (QED) is 0.676. The van der Waals surface area contributed by atoms with E-state index in [1.165, 1.54) is 16.9 Å². The van der Waals surface area contributed by atoms with Gasteiger partial charge in [-0.15, -0.1) is 0 Å². The highest BCUT2D eigenvalue weighted by Gasteiger charge is 2.37. The zero-order valence-corrected chi connectivity index (χ0v) is 14.7. The molecule has 0 radical (unpaired) electrons. The van der Waals surface area contributed by atoms with E-state index in [0.29, 0.717) is 6.04 Å². The lowest BCUT2D eigenvalue weighted by molar-refractivity contribution is 0.233. The molecule has 122 valence electrons. The summed E-state index contributed by atoms with van der Waals surface area (Å²) >= 11 is 0. The summed E-state index contributed by atoms with van der Waals surface area (Å²) in [5, 5.41) is 0. The minimum atomic E-state index is 0.545. The Kier molecular flexibility index (Phi) is 4.07. The second-order valence-electron chi connectivity index (χ2n) is 7.17. The van der Waals surface area contributed by atoms with E-state index < -0.39 is 0 Å². The Morgan fingerprint density at radius 1 is 1.13 bits per heavy atom. The zero-order valence-electron chi connectivity index (χ0n) is 14.7. The molecule has 0 aromatic heterocycles. The van der Waals surface area contributed by atoms with Gasteiger partial charge < -0.3 is 10.6 Å². The number of benzene rings is 2. The highest BCUT2D eigenvalue weighted by molar-refractivity contribution is 5.59. The van der Waals surface area contributed by atoms with Crippen LogP contribution in [0.4, 0.5) is 17.1 Å². The predicted octanol–water partition coefficient (Wildman–Crippen LogP) is 3.73. The van der Waals surface area contributed by atoms with Gasteiger partial charge in [0, 0.05) is 17.4 Å². The summed E-state index contributed by atoms with van der Waals surface area (Å²) in [6, 6.07) is 15.9. The van der Waals surface area contributed by atoms with Gasteiger partial charge in [-0.05, 0) is 56.2 Å². The Bertz CT molecular complexity index is 710. The van der Waals surface area contributed by atoms with Crippen molar-refractivity contribution in [3.63, 3.8) is 0 Å². The third-order valence-corrected chi connectivity index (χ3v) is 5.50. The fourth-order valence-corrected chi connectivity index (χ4v) is 3.56. The Hall–Kier alpha value is -2.00. The van der Waals surface area contributed by atoms with Crippen LogP contribution in [0.1, 0.15) is 18.1 Å². The van der Waals surface area contributed by atoms with E-state index in [0.717, 1.165) is 35.4 Å².